The van der Waals surface area contributed by atoms with Crippen molar-refractivity contribution in [3.63, 3.8) is 0 Å². The number of ether oxygens (including phenoxy) is 2. The Balaban J connectivity index is 1.63. The van der Waals surface area contributed by atoms with E-state index in [0.717, 1.165) is 16.8 Å². The molecule has 2 aromatic rings. The first kappa shape index (κ1) is 21.7. The number of amidine groups is 1. The third kappa shape index (κ3) is 4.43. The summed E-state index contributed by atoms with van der Waals surface area (Å²) in [6.07, 6.45) is 0.111. The van der Waals surface area contributed by atoms with Crippen LogP contribution >= 0.6 is 11.8 Å². The molecular formula is C22H24N2O5S2. The number of hydrogen-bond acceptors (Lipinski definition) is 6. The fraction of sp³-hybridized carbons (Fsp3) is 0.364. The fourth-order valence-electron chi connectivity index (χ4n) is 3.99. The van der Waals surface area contributed by atoms with Crippen molar-refractivity contribution in [2.45, 2.75) is 24.6 Å². The molecule has 164 valence electrons. The number of fused-ring (bicyclic) bond motifs is 1. The van der Waals surface area contributed by atoms with Crippen LogP contribution in [0.3, 0.4) is 0 Å². The van der Waals surface area contributed by atoms with Gasteiger partial charge in [-0.15, -0.1) is 0 Å². The van der Waals surface area contributed by atoms with Gasteiger partial charge in [0.2, 0.25) is 0 Å². The number of amides is 1. The molecule has 0 bridgehead atoms. The van der Waals surface area contributed by atoms with Crippen LogP contribution in [0.25, 0.3) is 0 Å². The molecule has 4 rings (SSSR count). The molecular weight excluding hydrogens is 436 g/mol. The standard InChI is InChI=1S/C22H24N2O5S2/c1-14-6-4-5-7-16(14)24-17-12-31(26,27)13-20(17)30-22(24)23-21(25)11-15-8-9-18(28-2)19(10-15)29-3/h4-10,17,20H,11-13H2,1-3H3/t17-,20-/m0/s1. The molecule has 0 saturated carbocycles. The first-order chi connectivity index (χ1) is 14.8. The number of hydrogen-bond donors (Lipinski definition) is 0. The van der Waals surface area contributed by atoms with Gasteiger partial charge < -0.3 is 14.4 Å². The van der Waals surface area contributed by atoms with Crippen LogP contribution in [0.15, 0.2) is 47.5 Å². The van der Waals surface area contributed by atoms with Gasteiger partial charge in [-0.05, 0) is 36.2 Å². The summed E-state index contributed by atoms with van der Waals surface area (Å²) in [5.41, 5.74) is 2.66. The zero-order valence-corrected chi connectivity index (χ0v) is 19.2. The van der Waals surface area contributed by atoms with E-state index in [2.05, 4.69) is 4.99 Å². The van der Waals surface area contributed by atoms with Crippen molar-refractivity contribution < 1.29 is 22.7 Å². The second kappa shape index (κ2) is 8.55. The smallest absolute Gasteiger partial charge is 0.252 e. The van der Waals surface area contributed by atoms with Crippen LogP contribution < -0.4 is 14.4 Å². The number of anilines is 1. The van der Waals surface area contributed by atoms with Gasteiger partial charge in [0.05, 0.1) is 38.2 Å². The normalized spacial score (nSPS) is 23.1. The van der Waals surface area contributed by atoms with Crippen molar-refractivity contribution in [3.05, 3.63) is 53.6 Å². The molecule has 2 aliphatic heterocycles. The Bertz CT molecular complexity index is 1150. The lowest BCUT2D eigenvalue weighted by molar-refractivity contribution is -0.117. The molecule has 9 heteroatoms. The van der Waals surface area contributed by atoms with Gasteiger partial charge in [-0.25, -0.2) is 8.42 Å². The molecule has 2 aromatic carbocycles. The molecule has 2 atom stereocenters. The summed E-state index contributed by atoms with van der Waals surface area (Å²) in [4.78, 5) is 19.1. The highest BCUT2D eigenvalue weighted by atomic mass is 32.2. The van der Waals surface area contributed by atoms with Crippen molar-refractivity contribution in [2.75, 3.05) is 30.6 Å². The number of carbonyl (C=O) groups is 1. The van der Waals surface area contributed by atoms with E-state index in [-0.39, 0.29) is 35.1 Å². The fourth-order valence-corrected chi connectivity index (χ4v) is 7.92. The first-order valence-corrected chi connectivity index (χ1v) is 12.6. The summed E-state index contributed by atoms with van der Waals surface area (Å²) in [5.74, 6) is 1.03. The predicted octanol–water partition coefficient (Wildman–Crippen LogP) is 2.86. The molecule has 7 nitrogen and oxygen atoms in total. The molecule has 2 heterocycles. The van der Waals surface area contributed by atoms with Gasteiger partial charge in [-0.2, -0.15) is 4.99 Å². The predicted molar refractivity (Wildman–Crippen MR) is 123 cm³/mol. The molecule has 0 aromatic heterocycles. The van der Waals surface area contributed by atoms with Gasteiger partial charge in [0.25, 0.3) is 5.91 Å². The lowest BCUT2D eigenvalue weighted by Gasteiger charge is -2.26. The number of benzene rings is 2. The SMILES string of the molecule is COc1ccc(CC(=O)N=C2S[C@H]3CS(=O)(=O)C[C@@H]3N2c2ccccc2C)cc1OC. The van der Waals surface area contributed by atoms with Gasteiger partial charge in [0.15, 0.2) is 26.5 Å². The number of thioether (sulfide) groups is 1. The highest BCUT2D eigenvalue weighted by Gasteiger charge is 2.49. The van der Waals surface area contributed by atoms with Crippen LogP contribution in [0.5, 0.6) is 11.5 Å². The highest BCUT2D eigenvalue weighted by molar-refractivity contribution is 8.16. The summed E-state index contributed by atoms with van der Waals surface area (Å²) in [6.45, 7) is 1.97. The quantitative estimate of drug-likeness (QED) is 0.678. The Labute approximate surface area is 186 Å². The average Bonchev–Trinajstić information content (AvgIpc) is 3.19. The van der Waals surface area contributed by atoms with E-state index < -0.39 is 9.84 Å². The summed E-state index contributed by atoms with van der Waals surface area (Å²) < 4.78 is 35.0. The molecule has 2 saturated heterocycles. The molecule has 0 radical (unpaired) electrons. The minimum atomic E-state index is -3.10. The number of aryl methyl sites for hydroxylation is 1. The van der Waals surface area contributed by atoms with Crippen LogP contribution in [0.2, 0.25) is 0 Å². The van der Waals surface area contributed by atoms with Crippen LogP contribution in [-0.4, -0.2) is 56.5 Å². The number of methoxy groups -OCH3 is 2. The molecule has 1 amide bonds. The molecule has 0 aliphatic carbocycles. The maximum absolute atomic E-state index is 12.8. The van der Waals surface area contributed by atoms with Gasteiger partial charge in [0, 0.05) is 10.9 Å². The van der Waals surface area contributed by atoms with E-state index in [1.54, 1.807) is 26.4 Å². The maximum Gasteiger partial charge on any atom is 0.252 e. The van der Waals surface area contributed by atoms with Gasteiger partial charge >= 0.3 is 0 Å². The molecule has 31 heavy (non-hydrogen) atoms. The van der Waals surface area contributed by atoms with E-state index in [4.69, 9.17) is 9.47 Å². The van der Waals surface area contributed by atoms with E-state index in [1.807, 2.05) is 42.2 Å². The Morgan fingerprint density at radius 1 is 1.13 bits per heavy atom. The van der Waals surface area contributed by atoms with Crippen LogP contribution in [0, 0.1) is 6.92 Å². The van der Waals surface area contributed by atoms with Gasteiger partial charge in [0.1, 0.15) is 0 Å². The zero-order chi connectivity index (χ0) is 22.2. The molecule has 0 spiro atoms. The van der Waals surface area contributed by atoms with E-state index >= 15 is 0 Å². The Kier molecular flexibility index (Phi) is 5.98. The second-order valence-corrected chi connectivity index (χ2v) is 11.0. The average molecular weight is 461 g/mol. The Morgan fingerprint density at radius 3 is 2.58 bits per heavy atom. The zero-order valence-electron chi connectivity index (χ0n) is 17.6. The second-order valence-electron chi connectivity index (χ2n) is 7.61. The monoisotopic (exact) mass is 460 g/mol. The van der Waals surface area contributed by atoms with Crippen molar-refractivity contribution >= 4 is 38.4 Å². The van der Waals surface area contributed by atoms with Crippen LogP contribution in [0.1, 0.15) is 11.1 Å². The van der Waals surface area contributed by atoms with Crippen LogP contribution in [-0.2, 0) is 21.1 Å². The van der Waals surface area contributed by atoms with Gasteiger partial charge in [-0.1, -0.05) is 36.0 Å². The lowest BCUT2D eigenvalue weighted by Crippen LogP contribution is -2.38. The largest absolute Gasteiger partial charge is 0.493 e. The van der Waals surface area contributed by atoms with Crippen molar-refractivity contribution in [3.8, 4) is 11.5 Å². The third-order valence-corrected chi connectivity index (χ3v) is 8.67. The molecule has 0 N–H and O–H groups in total. The third-order valence-electron chi connectivity index (χ3n) is 5.47. The van der Waals surface area contributed by atoms with Crippen molar-refractivity contribution in [2.24, 2.45) is 4.99 Å². The first-order valence-electron chi connectivity index (χ1n) is 9.85. The van der Waals surface area contributed by atoms with Gasteiger partial charge in [-0.3, -0.25) is 4.79 Å². The maximum atomic E-state index is 12.8. The topological polar surface area (TPSA) is 85.3 Å². The molecule has 2 aliphatic rings. The lowest BCUT2D eigenvalue weighted by atomic mass is 10.1. The summed E-state index contributed by atoms with van der Waals surface area (Å²) in [6, 6.07) is 12.9. The number of rotatable bonds is 5. The number of aliphatic imine (C=N–C) groups is 1. The number of nitrogens with zero attached hydrogens (tertiary/aromatic N) is 2. The number of sulfone groups is 1. The Morgan fingerprint density at radius 2 is 1.87 bits per heavy atom. The Hall–Kier alpha value is -2.52. The van der Waals surface area contributed by atoms with E-state index in [1.165, 1.54) is 11.8 Å². The summed E-state index contributed by atoms with van der Waals surface area (Å²) in [5, 5.41) is 0.432. The van der Waals surface area contributed by atoms with E-state index in [0.29, 0.717) is 16.7 Å². The number of carbonyl (C=O) groups excluding carboxylic acids is 1. The minimum absolute atomic E-state index is 0.0713. The van der Waals surface area contributed by atoms with Crippen molar-refractivity contribution in [1.82, 2.24) is 0 Å². The van der Waals surface area contributed by atoms with Crippen LogP contribution in [0.4, 0.5) is 5.69 Å². The minimum Gasteiger partial charge on any atom is -0.493 e. The summed E-state index contributed by atoms with van der Waals surface area (Å²) >= 11 is 1.38. The molecule has 0 unspecified atom stereocenters. The summed E-state index contributed by atoms with van der Waals surface area (Å²) in [7, 11) is 0.00384. The molecule has 2 fully saturated rings. The number of para-hydroxylation sites is 1. The van der Waals surface area contributed by atoms with E-state index in [9.17, 15) is 13.2 Å². The highest BCUT2D eigenvalue weighted by Crippen LogP contribution is 2.42. The van der Waals surface area contributed by atoms with Crippen molar-refractivity contribution in [1.29, 1.82) is 0 Å².